The van der Waals surface area contributed by atoms with E-state index in [9.17, 15) is 29.0 Å². The summed E-state index contributed by atoms with van der Waals surface area (Å²) in [6.45, 7) is 14.1. The summed E-state index contributed by atoms with van der Waals surface area (Å²) in [5.41, 5.74) is -2.29. The van der Waals surface area contributed by atoms with Gasteiger partial charge in [-0.3, -0.25) is 9.59 Å². The van der Waals surface area contributed by atoms with Gasteiger partial charge in [-0.1, -0.05) is 50.1 Å². The number of hydrogen-bond acceptors (Lipinski definition) is 15. The van der Waals surface area contributed by atoms with Crippen molar-refractivity contribution in [3.8, 4) is 0 Å². The summed E-state index contributed by atoms with van der Waals surface area (Å²) in [6.07, 6.45) is -5.44. The quantitative estimate of drug-likeness (QED) is 0.165. The number of esters is 1. The van der Waals surface area contributed by atoms with E-state index in [4.69, 9.17) is 33.4 Å². The van der Waals surface area contributed by atoms with Crippen LogP contribution in [0.1, 0.15) is 87.1 Å². The summed E-state index contributed by atoms with van der Waals surface area (Å²) in [6, 6.07) is 5.53. The van der Waals surface area contributed by atoms with Crippen LogP contribution in [0, 0.1) is 29.5 Å². The van der Waals surface area contributed by atoms with Crippen molar-refractivity contribution in [2.45, 2.75) is 142 Å². The van der Waals surface area contributed by atoms with Crippen LogP contribution in [0.5, 0.6) is 0 Å². The van der Waals surface area contributed by atoms with E-state index in [0.29, 0.717) is 17.7 Å². The average Bonchev–Trinajstić information content (AvgIpc) is 3.15. The van der Waals surface area contributed by atoms with Gasteiger partial charge >= 0.3 is 11.9 Å². The predicted octanol–water partition coefficient (Wildman–Crippen LogP) is 4.19. The number of aliphatic hydroxyl groups excluding tert-OH is 1. The van der Waals surface area contributed by atoms with Gasteiger partial charge in [0.25, 0.3) is 0 Å². The van der Waals surface area contributed by atoms with E-state index < -0.39 is 89.1 Å². The minimum Gasteiger partial charge on any atom is -0.459 e. The fourth-order valence-electron chi connectivity index (χ4n) is 8.33. The maximum Gasteiger partial charge on any atom is 0.331 e. The smallest absolute Gasteiger partial charge is 0.331 e. The molecule has 1 aromatic carbocycles. The van der Waals surface area contributed by atoms with E-state index in [2.05, 4.69) is 10.3 Å². The van der Waals surface area contributed by atoms with Crippen LogP contribution < -0.4 is 0 Å². The summed E-state index contributed by atoms with van der Waals surface area (Å²) in [4.78, 5) is 53.2. The first kappa shape index (κ1) is 46.3. The highest BCUT2D eigenvalue weighted by molar-refractivity contribution is 6.00. The first-order valence-corrected chi connectivity index (χ1v) is 19.7. The fourth-order valence-corrected chi connectivity index (χ4v) is 8.33. The molecule has 0 aromatic heterocycles. The maximum absolute atomic E-state index is 14.4. The lowest BCUT2D eigenvalue weighted by molar-refractivity contribution is -0.296. The highest BCUT2D eigenvalue weighted by Gasteiger charge is 2.53. The Bertz CT molecular complexity index is 1620. The Balaban J connectivity index is 1.94. The third-order valence-electron chi connectivity index (χ3n) is 11.4. The summed E-state index contributed by atoms with van der Waals surface area (Å²) < 4.78 is 46.1. The van der Waals surface area contributed by atoms with Gasteiger partial charge in [-0.15, -0.1) is 0 Å². The molecule has 0 saturated carbocycles. The van der Waals surface area contributed by atoms with Gasteiger partial charge in [-0.2, -0.15) is 0 Å². The Morgan fingerprint density at radius 1 is 1.07 bits per heavy atom. The van der Waals surface area contributed by atoms with Crippen LogP contribution in [0.2, 0.25) is 0 Å². The van der Waals surface area contributed by atoms with Crippen molar-refractivity contribution >= 4 is 29.1 Å². The van der Waals surface area contributed by atoms with Crippen molar-refractivity contribution in [3.05, 3.63) is 35.6 Å². The van der Waals surface area contributed by atoms with Crippen LogP contribution in [0.4, 0.5) is 4.39 Å². The molecule has 3 aliphatic rings. The zero-order valence-corrected chi connectivity index (χ0v) is 35.1. The minimum absolute atomic E-state index is 0.0809. The molecule has 3 fully saturated rings. The van der Waals surface area contributed by atoms with Gasteiger partial charge in [0.2, 0.25) is 0 Å². The largest absolute Gasteiger partial charge is 0.459 e. The summed E-state index contributed by atoms with van der Waals surface area (Å²) in [5, 5.41) is 32.6. The Labute approximate surface area is 335 Å². The molecule has 3 heterocycles. The molecule has 13 atom stereocenters. The van der Waals surface area contributed by atoms with Crippen molar-refractivity contribution in [1.82, 2.24) is 4.90 Å². The molecule has 15 nitrogen and oxygen atoms in total. The number of ether oxygens (including phenoxy) is 5. The highest BCUT2D eigenvalue weighted by Crippen LogP contribution is 2.40. The van der Waals surface area contributed by atoms with Gasteiger partial charge in [0, 0.05) is 30.7 Å². The molecule has 0 amide bonds. The van der Waals surface area contributed by atoms with Crippen molar-refractivity contribution in [3.63, 3.8) is 0 Å². The number of hydrogen-bond donors (Lipinski definition) is 2. The van der Waals surface area contributed by atoms with Gasteiger partial charge in [0.15, 0.2) is 12.1 Å². The number of Topliss-reactive ketones (excluding diaryl/α,β-unsaturated/α-hetero) is 1. The molecule has 320 valence electrons. The number of cyclic esters (lactones) is 1. The molecule has 3 saturated heterocycles. The van der Waals surface area contributed by atoms with Crippen molar-refractivity contribution < 1.29 is 62.3 Å². The number of rotatable bonds is 8. The molecule has 0 radical (unpaired) electrons. The van der Waals surface area contributed by atoms with Gasteiger partial charge in [0.1, 0.15) is 41.9 Å². The first-order chi connectivity index (χ1) is 26.7. The normalized spacial score (nSPS) is 38.9. The second kappa shape index (κ2) is 19.6. The molecule has 2 N–H and O–H groups in total. The van der Waals surface area contributed by atoms with Gasteiger partial charge in [-0.25, -0.2) is 9.18 Å². The number of nitrogens with zero attached hydrogens (tertiary/aromatic N) is 3. The molecule has 1 aromatic rings. The highest BCUT2D eigenvalue weighted by atomic mass is 19.1. The Hall–Kier alpha value is -3.38. The average molecular weight is 808 g/mol. The van der Waals surface area contributed by atoms with Crippen LogP contribution in [0.3, 0.4) is 0 Å². The molecule has 57 heavy (non-hydrogen) atoms. The Morgan fingerprint density at radius 3 is 2.40 bits per heavy atom. The fraction of sp³-hybridized carbons (Fsp3) is 0.732. The number of halogens is 1. The molecular weight excluding hydrogens is 745 g/mol. The van der Waals surface area contributed by atoms with Crippen molar-refractivity contribution in [2.24, 2.45) is 34.0 Å². The number of carbonyl (C=O) groups is 3. The molecule has 0 unspecified atom stereocenters. The van der Waals surface area contributed by atoms with E-state index in [1.165, 1.54) is 32.9 Å². The number of fused-ring (bicyclic) bond motifs is 5. The summed E-state index contributed by atoms with van der Waals surface area (Å²) >= 11 is 0. The SMILES string of the molecule is CC[C@H]1OC(=O)[C@H](C)C(=O)[C@H](C)[C@@H](O[C@@H]2O[C@H](C)C[C@H](N(C)C)[C@H]2O)[C@@]2(C)C[C@@H](C)/C(=N\OC(C)=O)[C@H](C)[C@H](OC/C(=N/OCc3cccc(F)c3)CO2)[C@]1(C)O. The number of carbonyl (C=O) groups excluding carboxylic acids is 3. The molecule has 16 heteroatoms. The lowest BCUT2D eigenvalue weighted by atomic mass is 9.74. The number of ketones is 1. The van der Waals surface area contributed by atoms with Crippen LogP contribution in [0.15, 0.2) is 34.6 Å². The standard InChI is InChI=1S/C41H62FN3O12/c1-12-32-41(9,50)37-24(4)33(44-57-27(7)46)22(2)18-40(8,52-21-30(20-51-37)43-53-19-28-14-13-15-29(42)17-28)36(25(5)34(47)26(6)38(49)55-32)56-39-35(48)31(45(10)11)16-23(3)54-39/h13-15,17,22-26,31-32,35-37,39,48,50H,12,16,18-21H2,1-11H3/b43-30-,44-33+/t22-,23-,24+,25+,26-,31+,32-,35-,36-,37+,39+,40-,41-/m1/s1. The summed E-state index contributed by atoms with van der Waals surface area (Å²) in [5.74, 6) is -6.23. The molecular formula is C41H62FN3O12. The van der Waals surface area contributed by atoms with E-state index in [0.717, 1.165) is 0 Å². The lowest BCUT2D eigenvalue weighted by Gasteiger charge is -2.47. The molecule has 4 rings (SSSR count). The van der Waals surface area contributed by atoms with E-state index in [1.807, 2.05) is 32.8 Å². The number of likely N-dealkylation sites (N-methyl/N-ethyl adjacent to an activating group) is 1. The molecule has 0 spiro atoms. The van der Waals surface area contributed by atoms with E-state index in [1.54, 1.807) is 39.8 Å². The number of benzene rings is 1. The molecule has 2 bridgehead atoms. The van der Waals surface area contributed by atoms with Crippen molar-refractivity contribution in [1.29, 1.82) is 0 Å². The zero-order chi connectivity index (χ0) is 42.4. The second-order valence-electron chi connectivity index (χ2n) is 16.5. The number of aliphatic hydroxyl groups is 2. The Morgan fingerprint density at radius 2 is 1.77 bits per heavy atom. The number of oxime groups is 2. The van der Waals surface area contributed by atoms with E-state index >= 15 is 0 Å². The second-order valence-corrected chi connectivity index (χ2v) is 16.5. The monoisotopic (exact) mass is 807 g/mol. The van der Waals surface area contributed by atoms with Gasteiger partial charge in [-0.05, 0) is 78.7 Å². The summed E-state index contributed by atoms with van der Waals surface area (Å²) in [7, 11) is 3.69. The topological polar surface area (TPSA) is 184 Å². The predicted molar refractivity (Wildman–Crippen MR) is 206 cm³/mol. The van der Waals surface area contributed by atoms with Gasteiger partial charge < -0.3 is 48.5 Å². The van der Waals surface area contributed by atoms with E-state index in [-0.39, 0.29) is 50.5 Å². The van der Waals surface area contributed by atoms with Gasteiger partial charge in [0.05, 0.1) is 42.8 Å². The van der Waals surface area contributed by atoms with Crippen LogP contribution in [-0.4, -0.2) is 126 Å². The Kier molecular flexibility index (Phi) is 15.9. The van der Waals surface area contributed by atoms with Crippen LogP contribution in [0.25, 0.3) is 0 Å². The van der Waals surface area contributed by atoms with Crippen molar-refractivity contribution in [2.75, 3.05) is 27.3 Å². The third-order valence-corrected chi connectivity index (χ3v) is 11.4. The van der Waals surface area contributed by atoms with Crippen LogP contribution >= 0.6 is 0 Å². The third kappa shape index (κ3) is 11.2. The maximum atomic E-state index is 14.4. The first-order valence-electron chi connectivity index (χ1n) is 19.7. The lowest BCUT2D eigenvalue weighted by Crippen LogP contribution is -2.60. The van der Waals surface area contributed by atoms with Crippen LogP contribution in [-0.2, 0) is 54.3 Å². The molecule has 3 aliphatic heterocycles. The molecule has 0 aliphatic carbocycles. The minimum atomic E-state index is -1.90. The zero-order valence-electron chi connectivity index (χ0n) is 35.1.